The average molecular weight is 1170 g/mol. The monoisotopic (exact) mass is 1170 g/mol. The smallest absolute Gasteiger partial charge is 0.354 e. The number of halogens is 7. The molecule has 1 unspecified atom stereocenters. The van der Waals surface area contributed by atoms with Crippen LogP contribution in [-0.2, 0) is 25.7 Å². The van der Waals surface area contributed by atoms with Crippen molar-refractivity contribution in [1.29, 1.82) is 0 Å². The predicted octanol–water partition coefficient (Wildman–Crippen LogP) is 9.02. The van der Waals surface area contributed by atoms with Gasteiger partial charge in [-0.3, -0.25) is 43.0 Å². The van der Waals surface area contributed by atoms with Gasteiger partial charge < -0.3 is 31.9 Å². The van der Waals surface area contributed by atoms with Crippen molar-refractivity contribution in [3.05, 3.63) is 94.6 Å². The summed E-state index contributed by atoms with van der Waals surface area (Å²) in [5.74, 6) is -8.39. The van der Waals surface area contributed by atoms with E-state index < -0.39 is 121 Å². The molecule has 5 fully saturated rings. The summed E-state index contributed by atoms with van der Waals surface area (Å²) in [4.78, 5) is 83.5. The number of carbonyl (C=O) groups excluding carboxylic acids is 6. The number of nitrogens with zero attached hydrogens (tertiary/aromatic N) is 5. The van der Waals surface area contributed by atoms with Crippen LogP contribution in [0.1, 0.15) is 161 Å². The van der Waals surface area contributed by atoms with E-state index in [0.29, 0.717) is 0 Å². The fraction of sp³-hybridized carbons (Fsp3) is 0.593. The van der Waals surface area contributed by atoms with Crippen molar-refractivity contribution >= 4 is 46.8 Å². The number of aromatic nitrogens is 4. The first kappa shape index (κ1) is 60.7. The Bertz CT molecular complexity index is 3030. The second kappa shape index (κ2) is 24.8. The molecule has 6 N–H and O–H groups in total. The van der Waals surface area contributed by atoms with E-state index in [1.54, 1.807) is 24.6 Å². The van der Waals surface area contributed by atoms with Crippen molar-refractivity contribution in [2.45, 2.75) is 167 Å². The summed E-state index contributed by atoms with van der Waals surface area (Å²) in [7, 11) is 1.19. The maximum absolute atomic E-state index is 15.9. The van der Waals surface area contributed by atoms with Crippen molar-refractivity contribution in [3.8, 4) is 0 Å². The SMILES string of the molecule is CC(C)n1nccc1C(=O)N[C@H](C(=O)Nc1ccc([C@H](C)C(=O)NCC(N(C)Cc2cc(C(=O)N[C@H](C(=O)Nc3ccc([C@H](C)C(=O)N[C@@H]4C[C@@H]4C(F)F)cc3F)C(C3CC3)C3CC3)n(C(C)C)n2)C(F)(F)F)cc1F)C(C1CC1)C1CC1. The van der Waals surface area contributed by atoms with Gasteiger partial charge in [-0.2, -0.15) is 23.4 Å². The molecule has 5 aliphatic carbocycles. The van der Waals surface area contributed by atoms with Crippen LogP contribution < -0.4 is 31.9 Å². The topological polar surface area (TPSA) is 213 Å². The number of benzene rings is 2. The minimum Gasteiger partial charge on any atom is -0.354 e. The van der Waals surface area contributed by atoms with Crippen LogP contribution in [0.3, 0.4) is 0 Å². The van der Waals surface area contributed by atoms with Crippen LogP contribution in [-0.4, -0.2) is 110 Å². The largest absolute Gasteiger partial charge is 0.405 e. The van der Waals surface area contributed by atoms with Gasteiger partial charge in [-0.1, -0.05) is 12.1 Å². The molecule has 0 saturated heterocycles. The third-order valence-corrected chi connectivity index (χ3v) is 17.0. The Morgan fingerprint density at radius 2 is 1.11 bits per heavy atom. The van der Waals surface area contributed by atoms with Gasteiger partial charge in [-0.05, 0) is 189 Å². The fourth-order valence-electron chi connectivity index (χ4n) is 11.6. The van der Waals surface area contributed by atoms with Crippen LogP contribution in [0.25, 0.3) is 0 Å². The van der Waals surface area contributed by atoms with E-state index in [4.69, 9.17) is 0 Å². The Balaban J connectivity index is 0.831. The van der Waals surface area contributed by atoms with Gasteiger partial charge >= 0.3 is 6.18 Å². The molecule has 4 aromatic rings. The van der Waals surface area contributed by atoms with E-state index in [0.717, 1.165) is 68.4 Å². The molecule has 9 rings (SSSR count). The van der Waals surface area contributed by atoms with Crippen LogP contribution in [0.5, 0.6) is 0 Å². The van der Waals surface area contributed by atoms with E-state index in [2.05, 4.69) is 42.1 Å². The number of rotatable bonds is 27. The number of likely N-dealkylation sites (N-methyl/N-ethyl adjacent to an activating group) is 1. The Labute approximate surface area is 477 Å². The van der Waals surface area contributed by atoms with Gasteiger partial charge in [-0.25, -0.2) is 17.6 Å². The zero-order chi connectivity index (χ0) is 59.9. The van der Waals surface area contributed by atoms with Gasteiger partial charge in [0.1, 0.15) is 41.1 Å². The Morgan fingerprint density at radius 1 is 0.639 bits per heavy atom. The molecule has 17 nitrogen and oxygen atoms in total. The van der Waals surface area contributed by atoms with E-state index in [1.165, 1.54) is 62.1 Å². The maximum Gasteiger partial charge on any atom is 0.405 e. The average Bonchev–Trinajstić information content (AvgIpc) is 3.83. The van der Waals surface area contributed by atoms with Crippen molar-refractivity contribution in [1.82, 2.24) is 45.7 Å². The van der Waals surface area contributed by atoms with Crippen molar-refractivity contribution in [2.75, 3.05) is 24.2 Å². The summed E-state index contributed by atoms with van der Waals surface area (Å²) in [6.45, 7) is 8.75. The minimum absolute atomic E-state index is 0.0397. The van der Waals surface area contributed by atoms with Crippen LogP contribution in [0.4, 0.5) is 42.1 Å². The third kappa shape index (κ3) is 14.6. The molecule has 5 saturated carbocycles. The highest BCUT2D eigenvalue weighted by molar-refractivity contribution is 6.02. The molecular weight excluding hydrogens is 1090 g/mol. The summed E-state index contributed by atoms with van der Waals surface area (Å²) >= 11 is 0. The standard InChI is InChI=1S/C59H74F7N11O6/c1-28(2)76-45(20-21-68-76)55(80)72-50(48(32-8-9-32)33-10-11-33)57(82)69-42-18-16-36(22-40(42)60)30(5)53(78)67-26-47(59(64,65)66)75(7)27-38-24-46(77(74-38)29(3)4)56(81)73-51(49(34-12-13-34)35-14-15-35)58(83)70-43-19-17-37(23-41(43)61)31(6)54(79)71-44-25-39(44)52(62)63/h16-24,28-35,39,44,47-52H,8-15,25-27H2,1-7H3,(H,67,78)(H,69,82)(H,70,83)(H,71,79)(H,72,80)(H,73,81)/t30-,31-,39-,44+,47?,50-,51-/m0/s1. The lowest BCUT2D eigenvalue weighted by Gasteiger charge is -2.30. The number of carbonyl (C=O) groups is 6. The third-order valence-electron chi connectivity index (χ3n) is 17.0. The molecule has 2 aromatic heterocycles. The molecule has 0 bridgehead atoms. The molecule has 0 radical (unpaired) electrons. The number of amides is 6. The normalized spacial score (nSPS) is 19.9. The zero-order valence-electron chi connectivity index (χ0n) is 47.5. The van der Waals surface area contributed by atoms with Crippen LogP contribution >= 0.6 is 0 Å². The van der Waals surface area contributed by atoms with Crippen LogP contribution in [0, 0.1) is 53.1 Å². The number of nitrogens with one attached hydrogen (secondary N) is 6. The van der Waals surface area contributed by atoms with E-state index in [9.17, 15) is 50.7 Å². The minimum atomic E-state index is -4.88. The summed E-state index contributed by atoms with van der Waals surface area (Å²) in [6.07, 6.45) is 1.09. The molecule has 24 heteroatoms. The van der Waals surface area contributed by atoms with Crippen molar-refractivity contribution in [2.24, 2.45) is 41.4 Å². The number of hydrogen-bond donors (Lipinski definition) is 6. The molecule has 450 valence electrons. The highest BCUT2D eigenvalue weighted by atomic mass is 19.4. The van der Waals surface area contributed by atoms with E-state index >= 15 is 8.78 Å². The zero-order valence-corrected chi connectivity index (χ0v) is 47.5. The fourth-order valence-corrected chi connectivity index (χ4v) is 11.6. The van der Waals surface area contributed by atoms with Gasteiger partial charge in [0.05, 0.1) is 28.9 Å². The first-order chi connectivity index (χ1) is 39.3. The highest BCUT2D eigenvalue weighted by Crippen LogP contribution is 2.52. The molecule has 83 heavy (non-hydrogen) atoms. The summed E-state index contributed by atoms with van der Waals surface area (Å²) < 4.78 is 105. The number of anilines is 2. The van der Waals surface area contributed by atoms with Crippen LogP contribution in [0.2, 0.25) is 0 Å². The van der Waals surface area contributed by atoms with Crippen LogP contribution in [0.15, 0.2) is 54.7 Å². The van der Waals surface area contributed by atoms with Gasteiger partial charge in [0, 0.05) is 43.3 Å². The number of alkyl halides is 5. The first-order valence-electron chi connectivity index (χ1n) is 28.9. The second-order valence-corrected chi connectivity index (χ2v) is 24.2. The summed E-state index contributed by atoms with van der Waals surface area (Å²) in [5, 5.41) is 24.7. The van der Waals surface area contributed by atoms with Crippen molar-refractivity contribution in [3.63, 3.8) is 0 Å². The van der Waals surface area contributed by atoms with E-state index in [-0.39, 0.29) is 87.6 Å². The highest BCUT2D eigenvalue weighted by Gasteiger charge is 2.51. The molecule has 2 aromatic carbocycles. The molecule has 6 amide bonds. The Kier molecular flexibility index (Phi) is 18.1. The molecule has 0 spiro atoms. The van der Waals surface area contributed by atoms with E-state index in [1.807, 2.05) is 13.8 Å². The molecule has 2 heterocycles. The lowest BCUT2D eigenvalue weighted by Crippen LogP contribution is -2.51. The quantitative estimate of drug-likeness (QED) is 0.0314. The molecule has 7 atom stereocenters. The predicted molar refractivity (Wildman–Crippen MR) is 293 cm³/mol. The van der Waals surface area contributed by atoms with Gasteiger partial charge in [-0.15, -0.1) is 0 Å². The first-order valence-corrected chi connectivity index (χ1v) is 28.9. The summed E-state index contributed by atoms with van der Waals surface area (Å²) in [5.41, 5.74) is 0.274. The maximum atomic E-state index is 15.9. The summed E-state index contributed by atoms with van der Waals surface area (Å²) in [6, 6.07) is 4.79. The molecular formula is C59H74F7N11O6. The van der Waals surface area contributed by atoms with Gasteiger partial charge in [0.2, 0.25) is 30.1 Å². The Morgan fingerprint density at radius 3 is 1.53 bits per heavy atom. The van der Waals surface area contributed by atoms with Gasteiger partial charge in [0.25, 0.3) is 11.8 Å². The second-order valence-electron chi connectivity index (χ2n) is 24.2. The number of hydrogen-bond acceptors (Lipinski definition) is 9. The van der Waals surface area contributed by atoms with Crippen molar-refractivity contribution < 1.29 is 59.5 Å². The van der Waals surface area contributed by atoms with Gasteiger partial charge in [0.15, 0.2) is 0 Å². The lowest BCUT2D eigenvalue weighted by atomic mass is 9.88. The lowest BCUT2D eigenvalue weighted by molar-refractivity contribution is -0.180. The molecule has 0 aliphatic heterocycles. The molecule has 5 aliphatic rings. The Hall–Kier alpha value is -6.85.